The maximum Gasteiger partial charge on any atom is 0.267 e. The Balaban J connectivity index is 1.66. The lowest BCUT2D eigenvalue weighted by molar-refractivity contribution is 0.103. The largest absolute Gasteiger partial charge is 0.380 e. The molecule has 2 aromatic heterocycles. The number of nitrogens with zero attached hydrogens (tertiary/aromatic N) is 3. The number of benzene rings is 1. The summed E-state index contributed by atoms with van der Waals surface area (Å²) in [6.07, 6.45) is 1.52. The predicted octanol–water partition coefficient (Wildman–Crippen LogP) is 4.65. The van der Waals surface area contributed by atoms with Crippen LogP contribution in [0.3, 0.4) is 0 Å². The molecule has 0 unspecified atom stereocenters. The number of amides is 1. The molecule has 0 fully saturated rings. The molecule has 2 heterocycles. The van der Waals surface area contributed by atoms with Gasteiger partial charge in [-0.05, 0) is 32.4 Å². The summed E-state index contributed by atoms with van der Waals surface area (Å²) in [4.78, 5) is 26.1. The van der Waals surface area contributed by atoms with Crippen molar-refractivity contribution in [3.63, 3.8) is 0 Å². The quantitative estimate of drug-likeness (QED) is 0.411. The smallest absolute Gasteiger partial charge is 0.267 e. The topological polar surface area (TPSA) is 101 Å². The molecule has 0 saturated carbocycles. The van der Waals surface area contributed by atoms with Crippen molar-refractivity contribution < 1.29 is 9.53 Å². The monoisotopic (exact) mass is 446 g/mol. The molecule has 1 aromatic carbocycles. The molecule has 8 nitrogen and oxygen atoms in total. The number of hydrogen-bond donors (Lipinski definition) is 3. The lowest BCUT2D eigenvalue weighted by Gasteiger charge is -2.09. The molecule has 10 heteroatoms. The molecule has 3 rings (SSSR count). The standard InChI is InChI=1S/C20H23ClN6O2S/c1-4-29-9-8-22-16-10-17(25-13(3)24-16)26-20-23-11-15(30-20)19(28)27-18-12(2)6-5-7-14(18)21/h5-7,10-11H,4,8-9H2,1-3H3,(H,27,28)(H2,22,23,24,25,26). The highest BCUT2D eigenvalue weighted by atomic mass is 35.5. The summed E-state index contributed by atoms with van der Waals surface area (Å²) in [6.45, 7) is 7.57. The highest BCUT2D eigenvalue weighted by Crippen LogP contribution is 2.28. The number of rotatable bonds is 9. The molecule has 0 radical (unpaired) electrons. The number of aromatic nitrogens is 3. The predicted molar refractivity (Wildman–Crippen MR) is 121 cm³/mol. The first kappa shape index (κ1) is 21.9. The minimum atomic E-state index is -0.270. The fourth-order valence-corrected chi connectivity index (χ4v) is 3.62. The number of carbonyl (C=O) groups is 1. The number of ether oxygens (including phenoxy) is 1. The number of aryl methyl sites for hydroxylation is 2. The zero-order valence-electron chi connectivity index (χ0n) is 17.0. The second kappa shape index (κ2) is 10.3. The number of para-hydroxylation sites is 1. The summed E-state index contributed by atoms with van der Waals surface area (Å²) in [5.41, 5.74) is 1.49. The van der Waals surface area contributed by atoms with E-state index in [1.54, 1.807) is 12.1 Å². The van der Waals surface area contributed by atoms with E-state index in [0.29, 0.717) is 57.9 Å². The van der Waals surface area contributed by atoms with E-state index in [-0.39, 0.29) is 5.91 Å². The highest BCUT2D eigenvalue weighted by molar-refractivity contribution is 7.17. The average molecular weight is 447 g/mol. The molecular weight excluding hydrogens is 424 g/mol. The zero-order chi connectivity index (χ0) is 21.5. The average Bonchev–Trinajstić information content (AvgIpc) is 3.16. The molecule has 3 N–H and O–H groups in total. The van der Waals surface area contributed by atoms with Crippen molar-refractivity contribution in [1.82, 2.24) is 15.0 Å². The molecule has 3 aromatic rings. The van der Waals surface area contributed by atoms with Crippen LogP contribution in [0, 0.1) is 13.8 Å². The maximum atomic E-state index is 12.6. The molecule has 0 aliphatic rings. The second-order valence-corrected chi connectivity index (χ2v) is 7.79. The Morgan fingerprint density at radius 3 is 2.80 bits per heavy atom. The summed E-state index contributed by atoms with van der Waals surface area (Å²) < 4.78 is 5.32. The van der Waals surface area contributed by atoms with E-state index >= 15 is 0 Å². The normalized spacial score (nSPS) is 10.7. The van der Waals surface area contributed by atoms with Crippen LogP contribution in [0.1, 0.15) is 28.0 Å². The zero-order valence-corrected chi connectivity index (χ0v) is 18.5. The lowest BCUT2D eigenvalue weighted by atomic mass is 10.2. The van der Waals surface area contributed by atoms with Gasteiger partial charge in [-0.1, -0.05) is 35.1 Å². The minimum absolute atomic E-state index is 0.270. The van der Waals surface area contributed by atoms with Gasteiger partial charge in [0.2, 0.25) is 0 Å². The number of anilines is 4. The maximum absolute atomic E-state index is 12.6. The Bertz CT molecular complexity index is 1010. The van der Waals surface area contributed by atoms with Crippen molar-refractivity contribution >= 4 is 51.3 Å². The fourth-order valence-electron chi connectivity index (χ4n) is 2.63. The summed E-state index contributed by atoms with van der Waals surface area (Å²) in [6, 6.07) is 7.25. The summed E-state index contributed by atoms with van der Waals surface area (Å²) in [5.74, 6) is 1.62. The first-order valence-electron chi connectivity index (χ1n) is 9.43. The van der Waals surface area contributed by atoms with Crippen LogP contribution in [-0.2, 0) is 4.74 Å². The molecule has 1 amide bonds. The van der Waals surface area contributed by atoms with Gasteiger partial charge in [0, 0.05) is 19.2 Å². The van der Waals surface area contributed by atoms with E-state index in [0.717, 1.165) is 5.56 Å². The van der Waals surface area contributed by atoms with Gasteiger partial charge in [-0.25, -0.2) is 15.0 Å². The number of carbonyl (C=O) groups excluding carboxylic acids is 1. The van der Waals surface area contributed by atoms with Gasteiger partial charge in [-0.2, -0.15) is 0 Å². The van der Waals surface area contributed by atoms with Gasteiger partial charge in [0.05, 0.1) is 23.5 Å². The molecule has 0 bridgehead atoms. The lowest BCUT2D eigenvalue weighted by Crippen LogP contribution is -2.11. The molecule has 0 spiro atoms. The van der Waals surface area contributed by atoms with E-state index < -0.39 is 0 Å². The SMILES string of the molecule is CCOCCNc1cc(Nc2ncc(C(=O)Nc3c(C)cccc3Cl)s2)nc(C)n1. The number of thiazole rings is 1. The second-order valence-electron chi connectivity index (χ2n) is 6.35. The van der Waals surface area contributed by atoms with Crippen LogP contribution in [0.2, 0.25) is 5.02 Å². The Kier molecular flexibility index (Phi) is 7.56. The molecule has 0 saturated heterocycles. The minimum Gasteiger partial charge on any atom is -0.380 e. The number of nitrogens with one attached hydrogen (secondary N) is 3. The van der Waals surface area contributed by atoms with Crippen LogP contribution < -0.4 is 16.0 Å². The van der Waals surface area contributed by atoms with E-state index in [1.165, 1.54) is 17.5 Å². The van der Waals surface area contributed by atoms with Gasteiger partial charge >= 0.3 is 0 Å². The van der Waals surface area contributed by atoms with Crippen LogP contribution in [0.5, 0.6) is 0 Å². The van der Waals surface area contributed by atoms with E-state index in [4.69, 9.17) is 16.3 Å². The third-order valence-electron chi connectivity index (χ3n) is 4.02. The van der Waals surface area contributed by atoms with Gasteiger partial charge in [0.1, 0.15) is 22.3 Å². The van der Waals surface area contributed by atoms with Crippen molar-refractivity contribution in [3.8, 4) is 0 Å². The highest BCUT2D eigenvalue weighted by Gasteiger charge is 2.14. The fraction of sp³-hybridized carbons (Fsp3) is 0.300. The Morgan fingerprint density at radius 1 is 1.23 bits per heavy atom. The van der Waals surface area contributed by atoms with Crippen molar-refractivity contribution in [1.29, 1.82) is 0 Å². The first-order chi connectivity index (χ1) is 14.5. The molecule has 0 atom stereocenters. The van der Waals surface area contributed by atoms with Gasteiger partial charge in [-0.15, -0.1) is 0 Å². The van der Waals surface area contributed by atoms with Gasteiger partial charge < -0.3 is 20.7 Å². The van der Waals surface area contributed by atoms with Gasteiger partial charge in [0.15, 0.2) is 5.13 Å². The number of hydrogen-bond acceptors (Lipinski definition) is 8. The van der Waals surface area contributed by atoms with E-state index in [1.807, 2.05) is 32.9 Å². The Morgan fingerprint density at radius 2 is 2.03 bits per heavy atom. The summed E-state index contributed by atoms with van der Waals surface area (Å²) >= 11 is 7.41. The summed E-state index contributed by atoms with van der Waals surface area (Å²) in [7, 11) is 0. The van der Waals surface area contributed by atoms with Crippen molar-refractivity contribution in [3.05, 3.63) is 51.7 Å². The van der Waals surface area contributed by atoms with Crippen molar-refractivity contribution in [2.24, 2.45) is 0 Å². The van der Waals surface area contributed by atoms with Crippen LogP contribution in [0.4, 0.5) is 22.5 Å². The van der Waals surface area contributed by atoms with Crippen LogP contribution in [-0.4, -0.2) is 40.6 Å². The molecular formula is C20H23ClN6O2S. The molecule has 0 aliphatic heterocycles. The molecule has 30 heavy (non-hydrogen) atoms. The third-order valence-corrected chi connectivity index (χ3v) is 5.25. The van der Waals surface area contributed by atoms with E-state index in [9.17, 15) is 4.79 Å². The molecule has 0 aliphatic carbocycles. The summed E-state index contributed by atoms with van der Waals surface area (Å²) in [5, 5.41) is 10.2. The van der Waals surface area contributed by atoms with Crippen LogP contribution >= 0.6 is 22.9 Å². The molecule has 158 valence electrons. The van der Waals surface area contributed by atoms with Crippen molar-refractivity contribution in [2.45, 2.75) is 20.8 Å². The van der Waals surface area contributed by atoms with Gasteiger partial charge in [-0.3, -0.25) is 4.79 Å². The van der Waals surface area contributed by atoms with Crippen LogP contribution in [0.25, 0.3) is 0 Å². The van der Waals surface area contributed by atoms with E-state index in [2.05, 4.69) is 30.9 Å². The number of halogens is 1. The Labute approximate surface area is 184 Å². The van der Waals surface area contributed by atoms with Crippen molar-refractivity contribution in [2.75, 3.05) is 35.7 Å². The van der Waals surface area contributed by atoms with Crippen LogP contribution in [0.15, 0.2) is 30.5 Å². The third kappa shape index (κ3) is 5.88. The van der Waals surface area contributed by atoms with Gasteiger partial charge in [0.25, 0.3) is 5.91 Å². The first-order valence-corrected chi connectivity index (χ1v) is 10.6. The Hall–Kier alpha value is -2.75.